The molecule has 1 aliphatic heterocycles. The van der Waals surface area contributed by atoms with Crippen molar-refractivity contribution in [2.75, 3.05) is 0 Å². The lowest BCUT2D eigenvalue weighted by Crippen LogP contribution is -2.32. The van der Waals surface area contributed by atoms with Gasteiger partial charge in [0.1, 0.15) is 49.2 Å². The Morgan fingerprint density at radius 2 is 2.13 bits per heavy atom. The molecule has 0 amide bonds. The lowest BCUT2D eigenvalue weighted by atomic mass is 9.93. The number of aliphatic hydroxyl groups excluding tert-OH is 1. The number of aliphatic hydroxyl groups is 1. The zero-order valence-corrected chi connectivity index (χ0v) is 10.9. The van der Waals surface area contributed by atoms with Gasteiger partial charge in [-0.1, -0.05) is 0 Å². The summed E-state index contributed by atoms with van der Waals surface area (Å²) < 4.78 is 20.8. The zero-order chi connectivity index (χ0) is 11.6. The molecule has 0 radical (unpaired) electrons. The maximum absolute atomic E-state index is 10.6. The first-order valence-corrected chi connectivity index (χ1v) is 6.77. The van der Waals surface area contributed by atoms with Crippen molar-refractivity contribution in [1.82, 2.24) is 0 Å². The van der Waals surface area contributed by atoms with E-state index in [1.165, 1.54) is 6.08 Å². The van der Waals surface area contributed by atoms with Crippen molar-refractivity contribution in [3.05, 3.63) is 11.9 Å². The third-order valence-electron chi connectivity index (χ3n) is 2.09. The van der Waals surface area contributed by atoms with Crippen LogP contribution >= 0.6 is 30.6 Å². The Bertz CT molecular complexity index is 293. The van der Waals surface area contributed by atoms with Gasteiger partial charge in [-0.3, -0.25) is 4.57 Å². The predicted octanol–water partition coefficient (Wildman–Crippen LogP) is -0.868. The molecule has 1 fully saturated rings. The summed E-state index contributed by atoms with van der Waals surface area (Å²) in [6.45, 7) is 0. The first-order valence-electron chi connectivity index (χ1n) is 4.20. The van der Waals surface area contributed by atoms with Crippen molar-refractivity contribution in [2.24, 2.45) is 0 Å². The number of rotatable bonds is 3. The largest absolute Gasteiger partial charge is 0.388 e. The molecule has 3 N–H and O–H groups in total. The van der Waals surface area contributed by atoms with Crippen LogP contribution in [0, 0.1) is 0 Å². The fourth-order valence-corrected chi connectivity index (χ4v) is 2.31. The van der Waals surface area contributed by atoms with Crippen LogP contribution < -0.4 is 0 Å². The summed E-state index contributed by atoms with van der Waals surface area (Å²) in [5.74, 6) is 0.755. The number of halogens is 1. The van der Waals surface area contributed by atoms with Crippen molar-refractivity contribution >= 4 is 38.4 Å². The first kappa shape index (κ1) is 13.6. The maximum atomic E-state index is 10.6. The topological polar surface area (TPSA) is 96.2 Å². The van der Waals surface area contributed by atoms with Crippen LogP contribution in [0.1, 0.15) is 0 Å². The molecule has 4 atom stereocenters. The predicted molar refractivity (Wildman–Crippen MR) is 63.3 cm³/mol. The van der Waals surface area contributed by atoms with Crippen molar-refractivity contribution in [3.63, 3.8) is 0 Å². The van der Waals surface area contributed by atoms with Gasteiger partial charge in [0.05, 0.1) is 6.00 Å². The number of ether oxygens (including phenoxy) is 1. The molecule has 1 rings (SSSR count). The van der Waals surface area contributed by atoms with Crippen molar-refractivity contribution in [2.45, 2.75) is 24.3 Å². The van der Waals surface area contributed by atoms with E-state index in [9.17, 15) is 9.67 Å². The van der Waals surface area contributed by atoms with Gasteiger partial charge in [0.25, 0.3) is 0 Å². The third kappa shape index (κ3) is 3.81. The van der Waals surface area contributed by atoms with Crippen molar-refractivity contribution in [1.29, 1.82) is 0 Å². The monoisotopic (exact) mass is 348 g/mol. The minimum absolute atomic E-state index is 0.420. The Morgan fingerprint density at radius 3 is 2.60 bits per heavy atom. The van der Waals surface area contributed by atoms with Crippen LogP contribution in [0.5, 0.6) is 0 Å². The van der Waals surface area contributed by atoms with Crippen LogP contribution in [-0.4, -0.2) is 47.1 Å². The molecule has 0 saturated carbocycles. The van der Waals surface area contributed by atoms with Gasteiger partial charge in [0.15, 0.2) is 0 Å². The Kier molecular flexibility index (Phi) is 4.78. The summed E-state index contributed by atoms with van der Waals surface area (Å²) in [6.07, 6.45) is -0.826. The van der Waals surface area contributed by atoms with Crippen LogP contribution in [0.4, 0.5) is 0 Å². The van der Waals surface area contributed by atoms with Crippen molar-refractivity contribution < 1.29 is 27.3 Å². The van der Waals surface area contributed by atoms with E-state index in [4.69, 9.17) is 17.6 Å². The normalized spacial score (nSPS) is 37.6. The van der Waals surface area contributed by atoms with E-state index in [0.29, 0.717) is 0 Å². The summed E-state index contributed by atoms with van der Waals surface area (Å²) in [5.41, 5.74) is 0. The molecule has 0 aromatic rings. The SMILES string of the molecule is BC1OC(/C=C/P(=O)(O)O)C(OI)C1O. The lowest BCUT2D eigenvalue weighted by molar-refractivity contribution is 0.0761. The molecule has 0 aliphatic carbocycles. The summed E-state index contributed by atoms with van der Waals surface area (Å²) in [5, 5.41) is 9.57. The average Bonchev–Trinajstić information content (AvgIpc) is 2.38. The average molecular weight is 348 g/mol. The minimum Gasteiger partial charge on any atom is -0.388 e. The van der Waals surface area contributed by atoms with Gasteiger partial charge in [0.2, 0.25) is 0 Å². The third-order valence-corrected chi connectivity index (χ3v) is 3.23. The van der Waals surface area contributed by atoms with E-state index in [1.54, 1.807) is 30.9 Å². The number of hydrogen-bond acceptors (Lipinski definition) is 4. The van der Waals surface area contributed by atoms with Gasteiger partial charge in [-0.05, 0) is 6.08 Å². The summed E-state index contributed by atoms with van der Waals surface area (Å²) in [7, 11) is -2.53. The molecule has 15 heavy (non-hydrogen) atoms. The highest BCUT2D eigenvalue weighted by Crippen LogP contribution is 2.37. The van der Waals surface area contributed by atoms with Crippen LogP contribution in [0.25, 0.3) is 0 Å². The van der Waals surface area contributed by atoms with Gasteiger partial charge < -0.3 is 22.7 Å². The lowest BCUT2D eigenvalue weighted by Gasteiger charge is -2.14. The van der Waals surface area contributed by atoms with E-state index in [-0.39, 0.29) is 0 Å². The highest BCUT2D eigenvalue weighted by Gasteiger charge is 2.40. The van der Waals surface area contributed by atoms with Gasteiger partial charge in [-0.25, -0.2) is 0 Å². The molecule has 4 unspecified atom stereocenters. The molecule has 1 heterocycles. The van der Waals surface area contributed by atoms with E-state index >= 15 is 0 Å². The highest BCUT2D eigenvalue weighted by atomic mass is 127. The molecule has 6 nitrogen and oxygen atoms in total. The second kappa shape index (κ2) is 5.26. The number of hydrogen-bond donors (Lipinski definition) is 3. The summed E-state index contributed by atoms with van der Waals surface area (Å²) in [6, 6.07) is -0.420. The molecule has 0 spiro atoms. The first-order chi connectivity index (χ1) is 6.85. The van der Waals surface area contributed by atoms with Crippen molar-refractivity contribution in [3.8, 4) is 0 Å². The van der Waals surface area contributed by atoms with E-state index in [0.717, 1.165) is 5.82 Å². The highest BCUT2D eigenvalue weighted by molar-refractivity contribution is 14.1. The molecule has 1 saturated heterocycles. The Hall–Kier alpha value is 0.565. The van der Waals surface area contributed by atoms with Crippen LogP contribution in [0.15, 0.2) is 11.9 Å². The molecule has 0 bridgehead atoms. The second-order valence-electron chi connectivity index (χ2n) is 3.28. The van der Waals surface area contributed by atoms with Gasteiger partial charge in [0, 0.05) is 5.82 Å². The minimum atomic E-state index is -4.19. The van der Waals surface area contributed by atoms with E-state index in [2.05, 4.69) is 0 Å². The van der Waals surface area contributed by atoms with E-state index < -0.39 is 31.9 Å². The quantitative estimate of drug-likeness (QED) is 0.349. The molecular formula is C6H11BIO6P. The Balaban J connectivity index is 2.71. The molecule has 1 aliphatic rings. The van der Waals surface area contributed by atoms with Gasteiger partial charge >= 0.3 is 7.60 Å². The maximum Gasteiger partial charge on any atom is 0.348 e. The Labute approximate surface area is 102 Å². The zero-order valence-electron chi connectivity index (χ0n) is 7.86. The fraction of sp³-hybridized carbons (Fsp3) is 0.667. The van der Waals surface area contributed by atoms with Crippen LogP contribution in [0.3, 0.4) is 0 Å². The van der Waals surface area contributed by atoms with Gasteiger partial charge in [-0.2, -0.15) is 0 Å². The van der Waals surface area contributed by atoms with Crippen LogP contribution in [-0.2, 0) is 12.4 Å². The van der Waals surface area contributed by atoms with Gasteiger partial charge in [-0.15, -0.1) is 0 Å². The summed E-state index contributed by atoms with van der Waals surface area (Å²) in [4.78, 5) is 17.3. The molecule has 9 heteroatoms. The molecule has 86 valence electrons. The molecular weight excluding hydrogens is 337 g/mol. The fourth-order valence-electron chi connectivity index (χ4n) is 1.32. The standard InChI is InChI=1S/C6H11BIO6P/c7-6-4(9)5(14-8)3(13-6)1-2-15(10,11)12/h1-6,9H,7H2,(H2,10,11,12)/b2-1+. The molecule has 0 aromatic heterocycles. The molecule has 0 aromatic carbocycles. The smallest absolute Gasteiger partial charge is 0.348 e. The Morgan fingerprint density at radius 1 is 1.53 bits per heavy atom. The van der Waals surface area contributed by atoms with Crippen LogP contribution in [0.2, 0.25) is 0 Å². The second-order valence-corrected chi connectivity index (χ2v) is 5.27. The van der Waals surface area contributed by atoms with E-state index in [1.807, 2.05) is 0 Å². The summed E-state index contributed by atoms with van der Waals surface area (Å²) >= 11 is 1.62.